The number of hydrogen-bond donors (Lipinski definition) is 0. The van der Waals surface area contributed by atoms with E-state index in [4.69, 9.17) is 0 Å². The molecule has 2 rings (SSSR count). The average Bonchev–Trinajstić information content (AvgIpc) is 2.54. The van der Waals surface area contributed by atoms with Gasteiger partial charge < -0.3 is 4.79 Å². The molecule has 0 fully saturated rings. The predicted octanol–water partition coefficient (Wildman–Crippen LogP) is 3.45. The van der Waals surface area contributed by atoms with E-state index in [0.29, 0.717) is 12.0 Å². The van der Waals surface area contributed by atoms with Gasteiger partial charge in [-0.1, -0.05) is 60.7 Å². The van der Waals surface area contributed by atoms with Crippen LogP contribution in [0, 0.1) is 0 Å². The number of benzene rings is 2. The van der Waals surface area contributed by atoms with Crippen LogP contribution in [0.1, 0.15) is 24.5 Å². The molecule has 0 heterocycles. The first-order chi connectivity index (χ1) is 9.69. The molecule has 0 aromatic heterocycles. The van der Waals surface area contributed by atoms with Crippen LogP contribution in [-0.2, 0) is 15.0 Å². The third-order valence-corrected chi connectivity index (χ3v) is 3.48. The maximum absolute atomic E-state index is 11.6. The van der Waals surface area contributed by atoms with Crippen LogP contribution in [0.2, 0.25) is 0 Å². The van der Waals surface area contributed by atoms with Gasteiger partial charge in [0.05, 0.1) is 5.41 Å². The van der Waals surface area contributed by atoms with Gasteiger partial charge >= 0.3 is 0 Å². The number of carbonyl (C=O) groups is 1. The van der Waals surface area contributed by atoms with Crippen molar-refractivity contribution in [2.24, 2.45) is 0 Å². The van der Waals surface area contributed by atoms with Crippen LogP contribution in [0.5, 0.6) is 0 Å². The smallest absolute Gasteiger partial charge is 0.130 e. The van der Waals surface area contributed by atoms with Crippen molar-refractivity contribution < 1.29 is 9.59 Å². The zero-order chi connectivity index (χ0) is 14.4. The lowest BCUT2D eigenvalue weighted by atomic mass is 9.77. The molecule has 2 heteroatoms. The molecule has 0 amide bonds. The van der Waals surface area contributed by atoms with Crippen molar-refractivity contribution in [2.45, 2.75) is 18.8 Å². The average molecular weight is 264 g/mol. The molecule has 0 aliphatic rings. The molecule has 1 atom stereocenters. The minimum absolute atomic E-state index is 0.341. The monoisotopic (exact) mass is 264 g/mol. The molecule has 0 N–H and O–H groups in total. The fourth-order valence-corrected chi connectivity index (χ4v) is 2.23. The summed E-state index contributed by atoms with van der Waals surface area (Å²) < 4.78 is 0. The number of carbonyl (C=O) groups excluding carboxylic acids is 2. The fraction of sp³-hybridized carbons (Fsp3) is 0.167. The molecule has 0 saturated heterocycles. The summed E-state index contributed by atoms with van der Waals surface area (Å²) in [6, 6.07) is 18.8. The Labute approximate surface area is 118 Å². The Morgan fingerprint density at radius 2 is 1.60 bits per heavy atom. The van der Waals surface area contributed by atoms with E-state index in [1.807, 2.05) is 73.5 Å². The number of aldehydes is 1. The van der Waals surface area contributed by atoms with E-state index < -0.39 is 5.41 Å². The molecular weight excluding hydrogens is 248 g/mol. The Morgan fingerprint density at radius 1 is 1.05 bits per heavy atom. The van der Waals surface area contributed by atoms with E-state index in [1.165, 1.54) is 0 Å². The van der Waals surface area contributed by atoms with Gasteiger partial charge in [-0.3, -0.25) is 0 Å². The SMILES string of the molecule is CC(C=O)(CC(=C=O)c1ccccc1)c1ccccc1. The van der Waals surface area contributed by atoms with Gasteiger partial charge in [-0.05, 0) is 24.5 Å². The molecule has 100 valence electrons. The van der Waals surface area contributed by atoms with Gasteiger partial charge in [0.2, 0.25) is 0 Å². The molecule has 1 unspecified atom stereocenters. The number of hydrogen-bond acceptors (Lipinski definition) is 2. The second-order valence-electron chi connectivity index (χ2n) is 5.02. The van der Waals surface area contributed by atoms with E-state index in [0.717, 1.165) is 17.4 Å². The summed E-state index contributed by atoms with van der Waals surface area (Å²) in [6.07, 6.45) is 1.25. The second-order valence-corrected chi connectivity index (χ2v) is 5.02. The lowest BCUT2D eigenvalue weighted by Crippen LogP contribution is -2.24. The van der Waals surface area contributed by atoms with Crippen molar-refractivity contribution in [1.29, 1.82) is 0 Å². The maximum Gasteiger partial charge on any atom is 0.130 e. The summed E-state index contributed by atoms with van der Waals surface area (Å²) in [6.45, 7) is 1.84. The fourth-order valence-electron chi connectivity index (χ4n) is 2.23. The Kier molecular flexibility index (Phi) is 4.29. The summed E-state index contributed by atoms with van der Waals surface area (Å²) >= 11 is 0. The first-order valence-corrected chi connectivity index (χ1v) is 6.51. The standard InChI is InChI=1S/C18H16O2/c1-18(14-20,17-10-6-3-7-11-17)12-16(13-19)15-8-4-2-5-9-15/h2-11,14H,12H2,1H3. The van der Waals surface area contributed by atoms with Gasteiger partial charge in [-0.25, -0.2) is 4.79 Å². The molecule has 20 heavy (non-hydrogen) atoms. The highest BCUT2D eigenvalue weighted by Crippen LogP contribution is 2.31. The zero-order valence-electron chi connectivity index (χ0n) is 11.4. The van der Waals surface area contributed by atoms with E-state index in [-0.39, 0.29) is 0 Å². The lowest BCUT2D eigenvalue weighted by Gasteiger charge is -2.24. The summed E-state index contributed by atoms with van der Waals surface area (Å²) in [5.74, 6) is 1.99. The third-order valence-electron chi connectivity index (χ3n) is 3.48. The normalized spacial score (nSPS) is 13.1. The van der Waals surface area contributed by atoms with Gasteiger partial charge in [0.25, 0.3) is 0 Å². The Hall–Kier alpha value is -2.44. The number of rotatable bonds is 5. The van der Waals surface area contributed by atoms with Crippen LogP contribution in [0.15, 0.2) is 60.7 Å². The van der Waals surface area contributed by atoms with Crippen molar-refractivity contribution in [2.75, 3.05) is 0 Å². The van der Waals surface area contributed by atoms with Gasteiger partial charge in [0.15, 0.2) is 0 Å². The maximum atomic E-state index is 11.6. The van der Waals surface area contributed by atoms with Gasteiger partial charge in [0, 0.05) is 5.57 Å². The van der Waals surface area contributed by atoms with Crippen molar-refractivity contribution in [3.05, 3.63) is 71.8 Å². The number of allylic oxidation sites excluding steroid dienone is 1. The highest BCUT2D eigenvalue weighted by atomic mass is 16.1. The van der Waals surface area contributed by atoms with Crippen LogP contribution < -0.4 is 0 Å². The second kappa shape index (κ2) is 6.14. The molecule has 0 bridgehead atoms. The first-order valence-electron chi connectivity index (χ1n) is 6.51. The van der Waals surface area contributed by atoms with Crippen molar-refractivity contribution in [3.63, 3.8) is 0 Å². The quantitative estimate of drug-likeness (QED) is 0.612. The van der Waals surface area contributed by atoms with E-state index >= 15 is 0 Å². The van der Waals surface area contributed by atoms with E-state index in [9.17, 15) is 9.59 Å². The molecule has 2 aromatic rings. The van der Waals surface area contributed by atoms with Gasteiger partial charge in [0.1, 0.15) is 12.2 Å². The molecule has 0 aliphatic carbocycles. The van der Waals surface area contributed by atoms with Crippen LogP contribution in [-0.4, -0.2) is 12.2 Å². The first kappa shape index (κ1) is 14.0. The van der Waals surface area contributed by atoms with Crippen LogP contribution >= 0.6 is 0 Å². The Bertz CT molecular complexity index is 625. The molecule has 2 nitrogen and oxygen atoms in total. The molecule has 0 aliphatic heterocycles. The topological polar surface area (TPSA) is 34.1 Å². The zero-order valence-corrected chi connectivity index (χ0v) is 11.4. The van der Waals surface area contributed by atoms with Gasteiger partial charge in [-0.2, -0.15) is 0 Å². The molecule has 0 spiro atoms. The largest absolute Gasteiger partial charge is 0.302 e. The summed E-state index contributed by atoms with van der Waals surface area (Å²) in [5.41, 5.74) is 1.51. The van der Waals surface area contributed by atoms with Crippen molar-refractivity contribution >= 4 is 17.8 Å². The minimum atomic E-state index is -0.718. The Morgan fingerprint density at radius 3 is 2.10 bits per heavy atom. The van der Waals surface area contributed by atoms with Crippen LogP contribution in [0.3, 0.4) is 0 Å². The predicted molar refractivity (Wildman–Crippen MR) is 80.0 cm³/mol. The molecular formula is C18H16O2. The summed E-state index contributed by atoms with van der Waals surface area (Å²) in [7, 11) is 0. The van der Waals surface area contributed by atoms with Crippen molar-refractivity contribution in [3.8, 4) is 0 Å². The summed E-state index contributed by atoms with van der Waals surface area (Å²) in [5, 5.41) is 0. The van der Waals surface area contributed by atoms with Gasteiger partial charge in [-0.15, -0.1) is 0 Å². The molecule has 0 radical (unpaired) electrons. The highest BCUT2D eigenvalue weighted by Gasteiger charge is 2.28. The summed E-state index contributed by atoms with van der Waals surface area (Å²) in [4.78, 5) is 22.8. The minimum Gasteiger partial charge on any atom is -0.302 e. The van der Waals surface area contributed by atoms with E-state index in [2.05, 4.69) is 0 Å². The van der Waals surface area contributed by atoms with Crippen molar-refractivity contribution in [1.82, 2.24) is 0 Å². The van der Waals surface area contributed by atoms with E-state index in [1.54, 1.807) is 0 Å². The highest BCUT2D eigenvalue weighted by molar-refractivity contribution is 5.90. The Balaban J connectivity index is 2.35. The molecule has 2 aromatic carbocycles. The van der Waals surface area contributed by atoms with Crippen LogP contribution in [0.25, 0.3) is 5.57 Å². The van der Waals surface area contributed by atoms with Crippen LogP contribution in [0.4, 0.5) is 0 Å². The lowest BCUT2D eigenvalue weighted by molar-refractivity contribution is -0.112. The molecule has 0 saturated carbocycles. The third kappa shape index (κ3) is 2.93.